The molecule has 0 unspecified atom stereocenters. The van der Waals surface area contributed by atoms with E-state index in [9.17, 15) is 4.79 Å². The highest BCUT2D eigenvalue weighted by Crippen LogP contribution is 2.01. The minimum absolute atomic E-state index is 0.100. The first-order chi connectivity index (χ1) is 5.13. The maximum absolute atomic E-state index is 11.3. The van der Waals surface area contributed by atoms with Crippen molar-refractivity contribution in [2.45, 2.75) is 27.2 Å². The van der Waals surface area contributed by atoms with E-state index in [1.165, 1.54) is 0 Å². The highest BCUT2D eigenvalue weighted by Gasteiger charge is 2.13. The molecule has 0 N–H and O–H groups in total. The van der Waals surface area contributed by atoms with E-state index >= 15 is 0 Å². The van der Waals surface area contributed by atoms with Gasteiger partial charge in [0.05, 0.1) is 0 Å². The minimum atomic E-state index is 0.100. The van der Waals surface area contributed by atoms with Crippen molar-refractivity contribution in [3.63, 3.8) is 0 Å². The molecular weight excluding hydrogens is 138 g/mol. The summed E-state index contributed by atoms with van der Waals surface area (Å²) in [5, 5.41) is 0. The van der Waals surface area contributed by atoms with Crippen LogP contribution in [0.25, 0.3) is 0 Å². The Hall–Kier alpha value is -0.530. The molecule has 0 saturated carbocycles. The molecule has 0 aliphatic carbocycles. The Morgan fingerprint density at radius 2 is 2.09 bits per heavy atom. The molecule has 0 fully saturated rings. The van der Waals surface area contributed by atoms with Gasteiger partial charge in [0.1, 0.15) is 0 Å². The number of hydrogen-bond donors (Lipinski definition) is 0. The van der Waals surface area contributed by atoms with Gasteiger partial charge in [0.25, 0.3) is 0 Å². The predicted molar refractivity (Wildman–Crippen MR) is 47.1 cm³/mol. The molecule has 1 radical (unpaired) electrons. The maximum atomic E-state index is 11.3. The molecule has 2 heteroatoms. The normalized spacial score (nSPS) is 10.3. The predicted octanol–water partition coefficient (Wildman–Crippen LogP) is 1.72. The van der Waals surface area contributed by atoms with Crippen LogP contribution < -0.4 is 0 Å². The molecule has 1 amide bonds. The van der Waals surface area contributed by atoms with Crippen LogP contribution in [-0.4, -0.2) is 23.9 Å². The molecule has 0 spiro atoms. The fraction of sp³-hybridized carbons (Fsp3) is 0.778. The number of rotatable bonds is 4. The third-order valence-corrected chi connectivity index (χ3v) is 1.57. The Balaban J connectivity index is 3.92. The summed E-state index contributed by atoms with van der Waals surface area (Å²) in [6.07, 6.45) is 1.01. The SMILES string of the molecule is [CH2]CN(CCC)C(=O)C(C)C. The lowest BCUT2D eigenvalue weighted by atomic mass is 10.2. The van der Waals surface area contributed by atoms with Crippen LogP contribution in [0.1, 0.15) is 27.2 Å². The second-order valence-electron chi connectivity index (χ2n) is 2.98. The van der Waals surface area contributed by atoms with E-state index in [4.69, 9.17) is 0 Å². The van der Waals surface area contributed by atoms with Gasteiger partial charge in [-0.3, -0.25) is 4.79 Å². The van der Waals surface area contributed by atoms with Crippen LogP contribution in [0.4, 0.5) is 0 Å². The molecule has 0 aromatic rings. The molecule has 0 atom stereocenters. The van der Waals surface area contributed by atoms with Crippen LogP contribution >= 0.6 is 0 Å². The van der Waals surface area contributed by atoms with Crippen molar-refractivity contribution in [2.75, 3.05) is 13.1 Å². The zero-order chi connectivity index (χ0) is 8.85. The first kappa shape index (κ1) is 10.5. The Morgan fingerprint density at radius 1 is 1.55 bits per heavy atom. The molecule has 0 bridgehead atoms. The quantitative estimate of drug-likeness (QED) is 0.607. The lowest BCUT2D eigenvalue weighted by Gasteiger charge is -2.21. The summed E-state index contributed by atoms with van der Waals surface area (Å²) in [6, 6.07) is 0. The van der Waals surface area contributed by atoms with Crippen molar-refractivity contribution in [3.8, 4) is 0 Å². The summed E-state index contributed by atoms with van der Waals surface area (Å²) in [5.74, 6) is 0.310. The highest BCUT2D eigenvalue weighted by molar-refractivity contribution is 5.78. The highest BCUT2D eigenvalue weighted by atomic mass is 16.2. The van der Waals surface area contributed by atoms with Crippen molar-refractivity contribution in [3.05, 3.63) is 6.92 Å². The minimum Gasteiger partial charge on any atom is -0.342 e. The van der Waals surface area contributed by atoms with Gasteiger partial charge in [0, 0.05) is 19.0 Å². The van der Waals surface area contributed by atoms with Crippen molar-refractivity contribution in [1.29, 1.82) is 0 Å². The molecule has 65 valence electrons. The number of carbonyl (C=O) groups excluding carboxylic acids is 1. The van der Waals surface area contributed by atoms with Crippen LogP contribution in [0.5, 0.6) is 0 Å². The molecule has 0 aromatic heterocycles. The van der Waals surface area contributed by atoms with Crippen molar-refractivity contribution in [1.82, 2.24) is 4.90 Å². The first-order valence-electron chi connectivity index (χ1n) is 4.21. The fourth-order valence-electron chi connectivity index (χ4n) is 0.967. The summed E-state index contributed by atoms with van der Waals surface area (Å²) in [7, 11) is 0. The Bertz CT molecular complexity index is 121. The lowest BCUT2D eigenvalue weighted by Crippen LogP contribution is -2.34. The molecule has 0 heterocycles. The third kappa shape index (κ3) is 3.40. The second kappa shape index (κ2) is 5.16. The monoisotopic (exact) mass is 156 g/mol. The van der Waals surface area contributed by atoms with E-state index in [0.717, 1.165) is 13.0 Å². The van der Waals surface area contributed by atoms with E-state index in [0.29, 0.717) is 6.54 Å². The van der Waals surface area contributed by atoms with Gasteiger partial charge >= 0.3 is 0 Å². The van der Waals surface area contributed by atoms with E-state index in [1.54, 1.807) is 4.90 Å². The molecule has 0 saturated heterocycles. The molecule has 2 nitrogen and oxygen atoms in total. The number of hydrogen-bond acceptors (Lipinski definition) is 1. The average molecular weight is 156 g/mol. The van der Waals surface area contributed by atoms with Gasteiger partial charge in [-0.05, 0) is 13.3 Å². The Labute approximate surface area is 69.6 Å². The molecule has 0 rings (SSSR count). The topological polar surface area (TPSA) is 20.3 Å². The summed E-state index contributed by atoms with van der Waals surface area (Å²) < 4.78 is 0. The number of nitrogens with zero attached hydrogens (tertiary/aromatic N) is 1. The standard InChI is InChI=1S/C9H18NO/c1-5-7-10(6-2)9(11)8(3)4/h8H,2,5-7H2,1,3-4H3. The summed E-state index contributed by atoms with van der Waals surface area (Å²) in [5.41, 5.74) is 0. The van der Waals surface area contributed by atoms with Crippen molar-refractivity contribution < 1.29 is 4.79 Å². The molecule has 11 heavy (non-hydrogen) atoms. The van der Waals surface area contributed by atoms with E-state index < -0.39 is 0 Å². The molecule has 0 aliphatic rings. The molecular formula is C9H18NO. The Kier molecular flexibility index (Phi) is 4.92. The van der Waals surface area contributed by atoms with E-state index in [1.807, 2.05) is 13.8 Å². The first-order valence-corrected chi connectivity index (χ1v) is 4.21. The van der Waals surface area contributed by atoms with Gasteiger partial charge in [0.15, 0.2) is 0 Å². The van der Waals surface area contributed by atoms with E-state index in [-0.39, 0.29) is 11.8 Å². The number of carbonyl (C=O) groups is 1. The maximum Gasteiger partial charge on any atom is 0.225 e. The average Bonchev–Trinajstić information content (AvgIpc) is 1.98. The van der Waals surface area contributed by atoms with Crippen LogP contribution in [0, 0.1) is 12.8 Å². The van der Waals surface area contributed by atoms with Crippen molar-refractivity contribution in [2.24, 2.45) is 5.92 Å². The third-order valence-electron chi connectivity index (χ3n) is 1.57. The van der Waals surface area contributed by atoms with Gasteiger partial charge < -0.3 is 4.90 Å². The Morgan fingerprint density at radius 3 is 2.36 bits per heavy atom. The molecule has 0 aromatic carbocycles. The van der Waals surface area contributed by atoms with Gasteiger partial charge in [-0.1, -0.05) is 20.8 Å². The van der Waals surface area contributed by atoms with Crippen LogP contribution in [0.2, 0.25) is 0 Å². The van der Waals surface area contributed by atoms with Gasteiger partial charge in [0.2, 0.25) is 5.91 Å². The fourth-order valence-corrected chi connectivity index (χ4v) is 0.967. The lowest BCUT2D eigenvalue weighted by molar-refractivity contribution is -0.133. The van der Waals surface area contributed by atoms with Crippen molar-refractivity contribution >= 4 is 5.91 Å². The second-order valence-corrected chi connectivity index (χ2v) is 2.98. The van der Waals surface area contributed by atoms with Gasteiger partial charge in [-0.25, -0.2) is 0 Å². The van der Waals surface area contributed by atoms with Crippen LogP contribution in [0.3, 0.4) is 0 Å². The van der Waals surface area contributed by atoms with Gasteiger partial charge in [-0.2, -0.15) is 0 Å². The number of amides is 1. The largest absolute Gasteiger partial charge is 0.342 e. The zero-order valence-electron chi connectivity index (χ0n) is 7.76. The van der Waals surface area contributed by atoms with Gasteiger partial charge in [-0.15, -0.1) is 0 Å². The summed E-state index contributed by atoms with van der Waals surface area (Å²) in [4.78, 5) is 13.1. The smallest absolute Gasteiger partial charge is 0.225 e. The summed E-state index contributed by atoms with van der Waals surface area (Å²) in [6.45, 7) is 11.0. The van der Waals surface area contributed by atoms with Crippen LogP contribution in [0.15, 0.2) is 0 Å². The van der Waals surface area contributed by atoms with Crippen LogP contribution in [-0.2, 0) is 4.79 Å². The van der Waals surface area contributed by atoms with E-state index in [2.05, 4.69) is 13.8 Å². The zero-order valence-corrected chi connectivity index (χ0v) is 7.76. The molecule has 0 aliphatic heterocycles. The summed E-state index contributed by atoms with van der Waals surface area (Å²) >= 11 is 0.